The Morgan fingerprint density at radius 1 is 1.03 bits per heavy atom. The molecular weight excluding hydrogens is 366 g/mol. The van der Waals surface area contributed by atoms with Gasteiger partial charge in [-0.3, -0.25) is 14.0 Å². The topological polar surface area (TPSA) is 63.9 Å². The van der Waals surface area contributed by atoms with Crippen LogP contribution in [0.4, 0.5) is 0 Å². The van der Waals surface area contributed by atoms with Gasteiger partial charge in [-0.15, -0.1) is 0 Å². The van der Waals surface area contributed by atoms with Crippen molar-refractivity contribution >= 4 is 17.5 Å². The molecule has 0 aliphatic carbocycles. The number of nitrogens with zero attached hydrogens (tertiary/aromatic N) is 3. The average molecular weight is 393 g/mol. The van der Waals surface area contributed by atoms with Crippen molar-refractivity contribution in [3.8, 4) is 11.3 Å². The number of ether oxygens (including phenoxy) is 1. The van der Waals surface area contributed by atoms with E-state index in [1.54, 1.807) is 11.8 Å². The fraction of sp³-hybridized carbons (Fsp3) is 0.348. The van der Waals surface area contributed by atoms with Crippen LogP contribution >= 0.6 is 0 Å². The summed E-state index contributed by atoms with van der Waals surface area (Å²) in [6, 6.07) is 11.9. The standard InChI is InChI=1S/C23H27N3O3/c1-5-25(14-13-20(27)29-6-2)23(28)22-21(18-10-7-16(3)8-11-18)24-19-12-9-17(4)15-26(19)22/h7-12,15H,5-6,13-14H2,1-4H3. The molecule has 3 aromatic rings. The molecule has 6 nitrogen and oxygen atoms in total. The normalized spacial score (nSPS) is 10.9. The first kappa shape index (κ1) is 20.6. The second-order valence-corrected chi connectivity index (χ2v) is 7.05. The van der Waals surface area contributed by atoms with E-state index in [-0.39, 0.29) is 18.3 Å². The van der Waals surface area contributed by atoms with Gasteiger partial charge in [-0.2, -0.15) is 0 Å². The number of carbonyl (C=O) groups is 2. The molecular formula is C23H27N3O3. The molecule has 1 aromatic carbocycles. The molecule has 0 atom stereocenters. The van der Waals surface area contributed by atoms with Gasteiger partial charge in [0.25, 0.3) is 5.91 Å². The molecule has 0 spiro atoms. The zero-order valence-electron chi connectivity index (χ0n) is 17.4. The molecule has 29 heavy (non-hydrogen) atoms. The van der Waals surface area contributed by atoms with Gasteiger partial charge in [0, 0.05) is 24.8 Å². The number of carbonyl (C=O) groups excluding carboxylic acids is 2. The molecule has 0 saturated carbocycles. The smallest absolute Gasteiger partial charge is 0.307 e. The lowest BCUT2D eigenvalue weighted by atomic mass is 10.1. The second kappa shape index (κ2) is 8.90. The summed E-state index contributed by atoms with van der Waals surface area (Å²) in [7, 11) is 0. The van der Waals surface area contributed by atoms with E-state index in [1.165, 1.54) is 0 Å². The largest absolute Gasteiger partial charge is 0.466 e. The van der Waals surface area contributed by atoms with E-state index in [4.69, 9.17) is 9.72 Å². The summed E-state index contributed by atoms with van der Waals surface area (Å²) in [4.78, 5) is 31.7. The summed E-state index contributed by atoms with van der Waals surface area (Å²) >= 11 is 0. The van der Waals surface area contributed by atoms with Gasteiger partial charge in [-0.1, -0.05) is 35.9 Å². The highest BCUT2D eigenvalue weighted by Crippen LogP contribution is 2.26. The Bertz CT molecular complexity index is 1020. The van der Waals surface area contributed by atoms with E-state index < -0.39 is 0 Å². The van der Waals surface area contributed by atoms with Crippen molar-refractivity contribution in [2.75, 3.05) is 19.7 Å². The van der Waals surface area contributed by atoms with Crippen molar-refractivity contribution in [3.63, 3.8) is 0 Å². The minimum atomic E-state index is -0.300. The highest BCUT2D eigenvalue weighted by atomic mass is 16.5. The molecule has 2 aromatic heterocycles. The number of amides is 1. The molecule has 2 heterocycles. The van der Waals surface area contributed by atoms with Gasteiger partial charge in [0.05, 0.1) is 13.0 Å². The van der Waals surface area contributed by atoms with Crippen LogP contribution in [0.3, 0.4) is 0 Å². The number of hydrogen-bond acceptors (Lipinski definition) is 4. The number of fused-ring (bicyclic) bond motifs is 1. The second-order valence-electron chi connectivity index (χ2n) is 7.05. The molecule has 0 fully saturated rings. The SMILES string of the molecule is CCOC(=O)CCN(CC)C(=O)c1c(-c2ccc(C)cc2)nc2ccc(C)cn12. The maximum atomic E-state index is 13.5. The summed E-state index contributed by atoms with van der Waals surface area (Å²) in [6.45, 7) is 8.82. The predicted molar refractivity (Wildman–Crippen MR) is 113 cm³/mol. The minimum absolute atomic E-state index is 0.148. The monoisotopic (exact) mass is 393 g/mol. The van der Waals surface area contributed by atoms with Gasteiger partial charge in [0.2, 0.25) is 0 Å². The zero-order chi connectivity index (χ0) is 21.0. The number of rotatable bonds is 7. The number of aryl methyl sites for hydroxylation is 2. The lowest BCUT2D eigenvalue weighted by molar-refractivity contribution is -0.143. The number of pyridine rings is 1. The predicted octanol–water partition coefficient (Wildman–Crippen LogP) is 4.03. The van der Waals surface area contributed by atoms with E-state index in [1.807, 2.05) is 67.8 Å². The van der Waals surface area contributed by atoms with Gasteiger partial charge >= 0.3 is 5.97 Å². The maximum absolute atomic E-state index is 13.5. The van der Waals surface area contributed by atoms with E-state index in [0.29, 0.717) is 31.1 Å². The Morgan fingerprint density at radius 3 is 2.38 bits per heavy atom. The van der Waals surface area contributed by atoms with E-state index >= 15 is 0 Å². The third-order valence-electron chi connectivity index (χ3n) is 4.85. The Balaban J connectivity index is 2.04. The van der Waals surface area contributed by atoms with Crippen molar-refractivity contribution in [2.45, 2.75) is 34.1 Å². The fourth-order valence-electron chi connectivity index (χ4n) is 3.28. The van der Waals surface area contributed by atoms with Crippen molar-refractivity contribution in [3.05, 3.63) is 59.4 Å². The molecule has 0 aliphatic rings. The maximum Gasteiger partial charge on any atom is 0.307 e. The average Bonchev–Trinajstić information content (AvgIpc) is 3.07. The zero-order valence-corrected chi connectivity index (χ0v) is 17.4. The van der Waals surface area contributed by atoms with Crippen LogP contribution < -0.4 is 0 Å². The highest BCUT2D eigenvalue weighted by Gasteiger charge is 2.25. The van der Waals surface area contributed by atoms with Crippen LogP contribution in [0.2, 0.25) is 0 Å². The van der Waals surface area contributed by atoms with Crippen molar-refractivity contribution < 1.29 is 14.3 Å². The van der Waals surface area contributed by atoms with Crippen LogP contribution in [0, 0.1) is 13.8 Å². The van der Waals surface area contributed by atoms with Gasteiger partial charge in [-0.05, 0) is 39.3 Å². The molecule has 0 N–H and O–H groups in total. The van der Waals surface area contributed by atoms with Crippen LogP contribution in [-0.2, 0) is 9.53 Å². The van der Waals surface area contributed by atoms with E-state index in [0.717, 1.165) is 22.3 Å². The lowest BCUT2D eigenvalue weighted by Gasteiger charge is -2.21. The third kappa shape index (κ3) is 4.47. The van der Waals surface area contributed by atoms with Crippen LogP contribution in [0.5, 0.6) is 0 Å². The molecule has 1 amide bonds. The molecule has 152 valence electrons. The van der Waals surface area contributed by atoms with Crippen LogP contribution in [-0.4, -0.2) is 45.9 Å². The number of esters is 1. The lowest BCUT2D eigenvalue weighted by Crippen LogP contribution is -2.34. The fourth-order valence-corrected chi connectivity index (χ4v) is 3.28. The molecule has 6 heteroatoms. The molecule has 0 aliphatic heterocycles. The van der Waals surface area contributed by atoms with Crippen LogP contribution in [0.15, 0.2) is 42.6 Å². The van der Waals surface area contributed by atoms with E-state index in [2.05, 4.69) is 0 Å². The Kier molecular flexibility index (Phi) is 6.32. The number of benzene rings is 1. The van der Waals surface area contributed by atoms with Gasteiger partial charge in [0.15, 0.2) is 0 Å². The molecule has 0 unspecified atom stereocenters. The number of aromatic nitrogens is 2. The quantitative estimate of drug-likeness (QED) is 0.569. The summed E-state index contributed by atoms with van der Waals surface area (Å²) in [6.07, 6.45) is 2.09. The molecule has 3 rings (SSSR count). The first-order valence-electron chi connectivity index (χ1n) is 9.95. The first-order chi connectivity index (χ1) is 13.9. The van der Waals surface area contributed by atoms with Gasteiger partial charge in [0.1, 0.15) is 17.0 Å². The molecule has 0 saturated heterocycles. The van der Waals surface area contributed by atoms with Crippen molar-refractivity contribution in [1.29, 1.82) is 0 Å². The van der Waals surface area contributed by atoms with Crippen molar-refractivity contribution in [2.24, 2.45) is 0 Å². The molecule has 0 bridgehead atoms. The van der Waals surface area contributed by atoms with Gasteiger partial charge in [-0.25, -0.2) is 4.98 Å². The summed E-state index contributed by atoms with van der Waals surface area (Å²) in [5.74, 6) is -0.447. The van der Waals surface area contributed by atoms with Crippen LogP contribution in [0.25, 0.3) is 16.9 Å². The van der Waals surface area contributed by atoms with Gasteiger partial charge < -0.3 is 9.64 Å². The first-order valence-corrected chi connectivity index (χ1v) is 9.95. The summed E-state index contributed by atoms with van der Waals surface area (Å²) in [5, 5.41) is 0. The van der Waals surface area contributed by atoms with E-state index in [9.17, 15) is 9.59 Å². The number of imidazole rings is 1. The third-order valence-corrected chi connectivity index (χ3v) is 4.85. The Hall–Kier alpha value is -3.15. The Morgan fingerprint density at radius 2 is 1.72 bits per heavy atom. The summed E-state index contributed by atoms with van der Waals surface area (Å²) in [5.41, 5.74) is 4.95. The minimum Gasteiger partial charge on any atom is -0.466 e. The molecule has 0 radical (unpaired) electrons. The van der Waals surface area contributed by atoms with Crippen LogP contribution in [0.1, 0.15) is 41.9 Å². The Labute approximate surface area is 171 Å². The van der Waals surface area contributed by atoms with Crippen molar-refractivity contribution in [1.82, 2.24) is 14.3 Å². The highest BCUT2D eigenvalue weighted by molar-refractivity contribution is 6.00. The number of hydrogen-bond donors (Lipinski definition) is 0. The summed E-state index contributed by atoms with van der Waals surface area (Å²) < 4.78 is 6.85.